The second kappa shape index (κ2) is 6.95. The van der Waals surface area contributed by atoms with Gasteiger partial charge in [-0.25, -0.2) is 8.42 Å². The lowest BCUT2D eigenvalue weighted by atomic mass is 10.2. The van der Waals surface area contributed by atoms with Crippen LogP contribution in [-0.4, -0.2) is 33.5 Å². The molecular formula is C18H21N3O4S. The third kappa shape index (κ3) is 3.37. The molecule has 1 aliphatic rings. The molecule has 3 rings (SSSR count). The second-order valence-corrected chi connectivity index (χ2v) is 8.33. The number of aryl methyl sites for hydroxylation is 1. The first-order chi connectivity index (χ1) is 12.3. The van der Waals surface area contributed by atoms with Gasteiger partial charge in [0.1, 0.15) is 0 Å². The summed E-state index contributed by atoms with van der Waals surface area (Å²) in [6, 6.07) is 11.2. The van der Waals surface area contributed by atoms with Crippen LogP contribution in [0.3, 0.4) is 0 Å². The van der Waals surface area contributed by atoms with Crippen LogP contribution in [0.2, 0.25) is 0 Å². The molecule has 2 aromatic rings. The molecule has 0 unspecified atom stereocenters. The topological polar surface area (TPSA) is 83.8 Å². The van der Waals surface area contributed by atoms with E-state index in [2.05, 4.69) is 4.90 Å². The van der Waals surface area contributed by atoms with Crippen molar-refractivity contribution in [1.82, 2.24) is 0 Å². The fourth-order valence-electron chi connectivity index (χ4n) is 3.12. The van der Waals surface area contributed by atoms with Crippen molar-refractivity contribution in [1.29, 1.82) is 0 Å². The highest BCUT2D eigenvalue weighted by molar-refractivity contribution is 7.92. The van der Waals surface area contributed by atoms with Gasteiger partial charge < -0.3 is 4.90 Å². The van der Waals surface area contributed by atoms with Crippen molar-refractivity contribution in [3.63, 3.8) is 0 Å². The largest absolute Gasteiger partial charge is 0.372 e. The molecular weight excluding hydrogens is 354 g/mol. The zero-order valence-electron chi connectivity index (χ0n) is 14.8. The van der Waals surface area contributed by atoms with Crippen molar-refractivity contribution >= 4 is 27.1 Å². The molecule has 1 saturated heterocycles. The quantitative estimate of drug-likeness (QED) is 0.591. The number of benzene rings is 2. The summed E-state index contributed by atoms with van der Waals surface area (Å²) in [5, 5.41) is 11.0. The molecule has 0 atom stereocenters. The normalized spacial score (nSPS) is 14.5. The van der Waals surface area contributed by atoms with Gasteiger partial charge in [-0.3, -0.25) is 14.4 Å². The Kier molecular flexibility index (Phi) is 4.86. The first-order valence-electron chi connectivity index (χ1n) is 8.40. The lowest BCUT2D eigenvalue weighted by Crippen LogP contribution is -2.27. The van der Waals surface area contributed by atoms with Gasteiger partial charge in [0, 0.05) is 38.0 Å². The van der Waals surface area contributed by atoms with Gasteiger partial charge in [-0.2, -0.15) is 0 Å². The van der Waals surface area contributed by atoms with E-state index in [0.29, 0.717) is 11.3 Å². The number of sulfonamides is 1. The lowest BCUT2D eigenvalue weighted by molar-refractivity contribution is -0.385. The summed E-state index contributed by atoms with van der Waals surface area (Å²) in [6.45, 7) is 3.65. The Morgan fingerprint density at radius 2 is 1.69 bits per heavy atom. The van der Waals surface area contributed by atoms with Crippen molar-refractivity contribution in [3.05, 3.63) is 58.1 Å². The first-order valence-corrected chi connectivity index (χ1v) is 9.84. The highest BCUT2D eigenvalue weighted by atomic mass is 32.2. The summed E-state index contributed by atoms with van der Waals surface area (Å²) < 4.78 is 27.1. The van der Waals surface area contributed by atoms with Crippen LogP contribution in [0.25, 0.3) is 0 Å². The van der Waals surface area contributed by atoms with E-state index >= 15 is 0 Å². The molecule has 0 saturated carbocycles. The molecule has 2 aromatic carbocycles. The zero-order valence-corrected chi connectivity index (χ0v) is 15.6. The molecule has 1 aliphatic heterocycles. The fraction of sp³-hybridized carbons (Fsp3) is 0.333. The summed E-state index contributed by atoms with van der Waals surface area (Å²) in [7, 11) is -2.44. The van der Waals surface area contributed by atoms with Crippen molar-refractivity contribution in [2.75, 3.05) is 29.3 Å². The van der Waals surface area contributed by atoms with E-state index in [9.17, 15) is 18.5 Å². The van der Waals surface area contributed by atoms with Crippen molar-refractivity contribution in [2.24, 2.45) is 0 Å². The van der Waals surface area contributed by atoms with Crippen LogP contribution >= 0.6 is 0 Å². The molecule has 0 radical (unpaired) electrons. The minimum atomic E-state index is -3.90. The second-order valence-electron chi connectivity index (χ2n) is 6.39. The lowest BCUT2D eigenvalue weighted by Gasteiger charge is -2.22. The summed E-state index contributed by atoms with van der Waals surface area (Å²) in [6.07, 6.45) is 2.34. The Hall–Kier alpha value is -2.61. The molecule has 0 amide bonds. The maximum atomic E-state index is 13.0. The monoisotopic (exact) mass is 375 g/mol. The molecule has 26 heavy (non-hydrogen) atoms. The highest BCUT2D eigenvalue weighted by Crippen LogP contribution is 2.29. The predicted octanol–water partition coefficient (Wildman–Crippen LogP) is 3.33. The summed E-state index contributed by atoms with van der Waals surface area (Å²) >= 11 is 0. The number of anilines is 2. The molecule has 0 aromatic heterocycles. The number of hydrogen-bond acceptors (Lipinski definition) is 5. The number of nitrogens with zero attached hydrogens (tertiary/aromatic N) is 3. The van der Waals surface area contributed by atoms with Gasteiger partial charge in [-0.1, -0.05) is 6.07 Å². The average molecular weight is 375 g/mol. The van der Waals surface area contributed by atoms with Crippen LogP contribution in [0.1, 0.15) is 18.4 Å². The fourth-order valence-corrected chi connectivity index (χ4v) is 4.55. The third-order valence-corrected chi connectivity index (χ3v) is 6.63. The van der Waals surface area contributed by atoms with Crippen LogP contribution < -0.4 is 9.21 Å². The molecule has 0 N–H and O–H groups in total. The van der Waals surface area contributed by atoms with Gasteiger partial charge in [0.25, 0.3) is 15.7 Å². The Morgan fingerprint density at radius 1 is 1.08 bits per heavy atom. The SMILES string of the molecule is Cc1ccc([N+](=O)[O-])cc1S(=O)(=O)N(C)c1ccc(N2CCCC2)cc1. The first kappa shape index (κ1) is 18.2. The summed E-state index contributed by atoms with van der Waals surface area (Å²) in [5.74, 6) is 0. The van der Waals surface area contributed by atoms with Crippen molar-refractivity contribution < 1.29 is 13.3 Å². The minimum absolute atomic E-state index is 0.0576. The van der Waals surface area contributed by atoms with Gasteiger partial charge in [0.2, 0.25) is 0 Å². The minimum Gasteiger partial charge on any atom is -0.372 e. The third-order valence-electron chi connectivity index (χ3n) is 4.71. The average Bonchev–Trinajstić information content (AvgIpc) is 3.16. The van der Waals surface area contributed by atoms with E-state index in [0.717, 1.165) is 29.1 Å². The van der Waals surface area contributed by atoms with Crippen molar-refractivity contribution in [3.8, 4) is 0 Å². The van der Waals surface area contributed by atoms with Gasteiger partial charge in [0.15, 0.2) is 0 Å². The molecule has 8 heteroatoms. The van der Waals surface area contributed by atoms with Crippen LogP contribution in [0.4, 0.5) is 17.1 Å². The van der Waals surface area contributed by atoms with E-state index < -0.39 is 14.9 Å². The zero-order chi connectivity index (χ0) is 18.9. The molecule has 1 fully saturated rings. The van der Waals surface area contributed by atoms with Gasteiger partial charge in [-0.15, -0.1) is 0 Å². The van der Waals surface area contributed by atoms with E-state index in [1.54, 1.807) is 19.1 Å². The van der Waals surface area contributed by atoms with Crippen LogP contribution in [-0.2, 0) is 10.0 Å². The molecule has 0 spiro atoms. The number of nitro benzene ring substituents is 1. The van der Waals surface area contributed by atoms with Crippen LogP contribution in [0.15, 0.2) is 47.4 Å². The predicted molar refractivity (Wildman–Crippen MR) is 101 cm³/mol. The summed E-state index contributed by atoms with van der Waals surface area (Å²) in [4.78, 5) is 12.6. The molecule has 1 heterocycles. The van der Waals surface area contributed by atoms with Crippen LogP contribution in [0.5, 0.6) is 0 Å². The Balaban J connectivity index is 1.92. The molecule has 0 aliphatic carbocycles. The van der Waals surface area contributed by atoms with E-state index in [-0.39, 0.29) is 10.6 Å². The maximum absolute atomic E-state index is 13.0. The Labute approximate surface area is 153 Å². The maximum Gasteiger partial charge on any atom is 0.270 e. The smallest absolute Gasteiger partial charge is 0.270 e. The standard InChI is InChI=1S/C18H21N3O4S/c1-14-5-6-17(21(22)23)13-18(14)26(24,25)19(2)15-7-9-16(10-8-15)20-11-3-4-12-20/h5-10,13H,3-4,11-12H2,1-2H3. The van der Waals surface area contributed by atoms with Gasteiger partial charge in [0.05, 0.1) is 15.5 Å². The molecule has 7 nitrogen and oxygen atoms in total. The Morgan fingerprint density at radius 3 is 2.27 bits per heavy atom. The van der Waals surface area contributed by atoms with E-state index in [1.165, 1.54) is 32.0 Å². The van der Waals surface area contributed by atoms with Gasteiger partial charge in [-0.05, 0) is 49.6 Å². The number of hydrogen-bond donors (Lipinski definition) is 0. The number of rotatable bonds is 5. The molecule has 138 valence electrons. The molecule has 0 bridgehead atoms. The van der Waals surface area contributed by atoms with Gasteiger partial charge >= 0.3 is 0 Å². The van der Waals surface area contributed by atoms with Crippen LogP contribution in [0, 0.1) is 17.0 Å². The highest BCUT2D eigenvalue weighted by Gasteiger charge is 2.26. The van der Waals surface area contributed by atoms with Crippen molar-refractivity contribution in [2.45, 2.75) is 24.7 Å². The number of nitro groups is 1. The summed E-state index contributed by atoms with van der Waals surface area (Å²) in [5.41, 5.74) is 1.81. The number of non-ortho nitro benzene ring substituents is 1. The van der Waals surface area contributed by atoms with E-state index in [1.807, 2.05) is 12.1 Å². The van der Waals surface area contributed by atoms with E-state index in [4.69, 9.17) is 0 Å². The Bertz CT molecular complexity index is 920.